The molecule has 46 heavy (non-hydrogen) atoms. The van der Waals surface area contributed by atoms with E-state index in [1.165, 1.54) is 0 Å². The van der Waals surface area contributed by atoms with Gasteiger partial charge in [-0.2, -0.15) is 0 Å². The molecule has 0 bridgehead atoms. The van der Waals surface area contributed by atoms with Crippen LogP contribution in [0.4, 0.5) is 0 Å². The first kappa shape index (κ1) is 38.8. The molecular weight excluding hydrogens is 580 g/mol. The van der Waals surface area contributed by atoms with Crippen molar-refractivity contribution in [1.29, 1.82) is 0 Å². The predicted molar refractivity (Wildman–Crippen MR) is 182 cm³/mol. The summed E-state index contributed by atoms with van der Waals surface area (Å²) in [7, 11) is 1.75. The second-order valence-corrected chi connectivity index (χ2v) is 12.6. The Labute approximate surface area is 276 Å². The Morgan fingerprint density at radius 1 is 0.957 bits per heavy atom. The number of hydrogen-bond acceptors (Lipinski definition) is 6. The number of carbonyl (C=O) groups excluding carboxylic acids is 3. The lowest BCUT2D eigenvalue weighted by Crippen LogP contribution is -2.56. The van der Waals surface area contributed by atoms with Crippen molar-refractivity contribution < 1.29 is 24.6 Å². The minimum Gasteiger partial charge on any atom is -0.389 e. The normalized spacial score (nSPS) is 16.7. The smallest absolute Gasteiger partial charge is 0.242 e. The second-order valence-electron chi connectivity index (χ2n) is 12.6. The van der Waals surface area contributed by atoms with E-state index in [0.717, 1.165) is 57.3 Å². The highest BCUT2D eigenvalue weighted by Gasteiger charge is 2.34. The number of nitrogens with zero attached hydrogens (tertiary/aromatic N) is 2. The van der Waals surface area contributed by atoms with Crippen LogP contribution in [0.2, 0.25) is 0 Å². The van der Waals surface area contributed by atoms with Crippen molar-refractivity contribution in [3.05, 3.63) is 35.9 Å². The van der Waals surface area contributed by atoms with Crippen molar-refractivity contribution in [3.8, 4) is 24.7 Å². The van der Waals surface area contributed by atoms with Crippen LogP contribution in [0.25, 0.3) is 0 Å². The summed E-state index contributed by atoms with van der Waals surface area (Å²) >= 11 is 0. The number of benzene rings is 1. The van der Waals surface area contributed by atoms with Crippen LogP contribution in [-0.2, 0) is 20.8 Å². The van der Waals surface area contributed by atoms with Crippen molar-refractivity contribution in [1.82, 2.24) is 20.4 Å². The SMILES string of the molecule is C#CCC[C@H](NC(=O)C(CC(=O)N(C)CCN(CC)CC)Cc1ccccc1)C(=O)NC(CC1CCCCC1)[C@@H](O)C(O)CC#C. The molecule has 1 fully saturated rings. The van der Waals surface area contributed by atoms with Gasteiger partial charge >= 0.3 is 0 Å². The number of terminal acetylenes is 2. The Kier molecular flexibility index (Phi) is 18.1. The van der Waals surface area contributed by atoms with Gasteiger partial charge in [0.25, 0.3) is 0 Å². The maximum atomic E-state index is 13.8. The van der Waals surface area contributed by atoms with Crippen molar-refractivity contribution in [2.75, 3.05) is 33.2 Å². The summed E-state index contributed by atoms with van der Waals surface area (Å²) in [5, 5.41) is 27.3. The molecule has 0 aliphatic heterocycles. The zero-order chi connectivity index (χ0) is 33.9. The van der Waals surface area contributed by atoms with E-state index in [0.29, 0.717) is 25.3 Å². The van der Waals surface area contributed by atoms with Gasteiger partial charge in [-0.15, -0.1) is 24.7 Å². The Balaban J connectivity index is 2.23. The van der Waals surface area contributed by atoms with Crippen molar-refractivity contribution in [2.45, 2.75) is 109 Å². The number of aliphatic hydroxyl groups is 2. The van der Waals surface area contributed by atoms with E-state index in [1.807, 2.05) is 30.3 Å². The van der Waals surface area contributed by atoms with Crippen LogP contribution in [0, 0.1) is 36.5 Å². The van der Waals surface area contributed by atoms with Crippen LogP contribution >= 0.6 is 0 Å². The summed E-state index contributed by atoms with van der Waals surface area (Å²) in [6.07, 6.45) is 15.0. The fourth-order valence-electron chi connectivity index (χ4n) is 6.12. The number of nitrogens with one attached hydrogen (secondary N) is 2. The molecular formula is C37H56N4O5. The summed E-state index contributed by atoms with van der Waals surface area (Å²) in [6, 6.07) is 7.76. The van der Waals surface area contributed by atoms with E-state index in [2.05, 4.69) is 41.2 Å². The lowest BCUT2D eigenvalue weighted by atomic mass is 9.82. The monoisotopic (exact) mass is 636 g/mol. The first-order valence-corrected chi connectivity index (χ1v) is 17.0. The molecule has 1 aliphatic rings. The molecule has 254 valence electrons. The molecule has 9 nitrogen and oxygen atoms in total. The molecule has 1 aromatic rings. The van der Waals surface area contributed by atoms with Gasteiger partial charge in [0.05, 0.1) is 18.1 Å². The average molecular weight is 637 g/mol. The molecule has 0 spiro atoms. The van der Waals surface area contributed by atoms with E-state index in [-0.39, 0.29) is 31.6 Å². The van der Waals surface area contributed by atoms with Crippen LogP contribution in [0.5, 0.6) is 0 Å². The van der Waals surface area contributed by atoms with Gasteiger partial charge in [0, 0.05) is 39.4 Å². The van der Waals surface area contributed by atoms with Crippen molar-refractivity contribution in [2.24, 2.45) is 11.8 Å². The molecule has 2 rings (SSSR count). The third-order valence-electron chi connectivity index (χ3n) is 9.17. The van der Waals surface area contributed by atoms with Crippen LogP contribution in [-0.4, -0.2) is 95.3 Å². The highest BCUT2D eigenvalue weighted by molar-refractivity contribution is 5.91. The number of amides is 3. The molecule has 3 unspecified atom stereocenters. The van der Waals surface area contributed by atoms with Gasteiger partial charge in [-0.1, -0.05) is 76.3 Å². The van der Waals surface area contributed by atoms with E-state index in [1.54, 1.807) is 11.9 Å². The molecule has 0 aromatic heterocycles. The van der Waals surface area contributed by atoms with Crippen LogP contribution < -0.4 is 10.6 Å². The largest absolute Gasteiger partial charge is 0.389 e. The second kappa shape index (κ2) is 21.4. The third kappa shape index (κ3) is 13.5. The summed E-state index contributed by atoms with van der Waals surface area (Å²) in [5.74, 6) is 3.45. The average Bonchev–Trinajstić information content (AvgIpc) is 3.06. The van der Waals surface area contributed by atoms with Gasteiger partial charge in [-0.3, -0.25) is 14.4 Å². The van der Waals surface area contributed by atoms with Gasteiger partial charge in [0.2, 0.25) is 17.7 Å². The summed E-state index contributed by atoms with van der Waals surface area (Å²) in [5.41, 5.74) is 0.907. The highest BCUT2D eigenvalue weighted by Crippen LogP contribution is 2.28. The molecule has 0 radical (unpaired) electrons. The molecule has 1 aromatic carbocycles. The van der Waals surface area contributed by atoms with E-state index in [4.69, 9.17) is 12.8 Å². The number of carbonyl (C=O) groups is 3. The standard InChI is InChI=1S/C37H56N4O5/c1-6-10-22-31(37(46)39-32(35(44)33(42)17-7-2)26-29-20-15-12-16-21-29)38-36(45)30(25-28-18-13-11-14-19-28)27-34(43)40(5)23-24-41(8-3)9-4/h1-2,11,13-14,18-19,29-33,35,42,44H,8-10,12,15-17,20-27H2,3-5H3,(H,38,45)(H,39,46)/t30?,31-,32?,33?,35+/m0/s1. The topological polar surface area (TPSA) is 122 Å². The zero-order valence-corrected chi connectivity index (χ0v) is 28.1. The maximum absolute atomic E-state index is 13.8. The molecule has 1 saturated carbocycles. The summed E-state index contributed by atoms with van der Waals surface area (Å²) < 4.78 is 0. The molecule has 0 saturated heterocycles. The van der Waals surface area contributed by atoms with Crippen LogP contribution in [0.15, 0.2) is 30.3 Å². The Hall–Kier alpha value is -3.37. The summed E-state index contributed by atoms with van der Waals surface area (Å²) in [4.78, 5) is 44.8. The first-order valence-electron chi connectivity index (χ1n) is 17.0. The lowest BCUT2D eigenvalue weighted by molar-refractivity contribution is -0.137. The Morgan fingerprint density at radius 3 is 2.24 bits per heavy atom. The Morgan fingerprint density at radius 2 is 1.63 bits per heavy atom. The summed E-state index contributed by atoms with van der Waals surface area (Å²) in [6.45, 7) is 7.22. The minimum atomic E-state index is -1.26. The lowest BCUT2D eigenvalue weighted by Gasteiger charge is -2.33. The highest BCUT2D eigenvalue weighted by atomic mass is 16.3. The van der Waals surface area contributed by atoms with Gasteiger partial charge in [-0.25, -0.2) is 0 Å². The Bertz CT molecular complexity index is 1140. The number of hydrogen-bond donors (Lipinski definition) is 4. The third-order valence-corrected chi connectivity index (χ3v) is 9.17. The quantitative estimate of drug-likeness (QED) is 0.163. The van der Waals surface area contributed by atoms with E-state index < -0.39 is 42.0 Å². The zero-order valence-electron chi connectivity index (χ0n) is 28.1. The predicted octanol–water partition coefficient (Wildman–Crippen LogP) is 3.13. The van der Waals surface area contributed by atoms with E-state index in [9.17, 15) is 24.6 Å². The molecule has 9 heteroatoms. The van der Waals surface area contributed by atoms with Crippen LogP contribution in [0.1, 0.15) is 83.6 Å². The molecule has 0 heterocycles. The maximum Gasteiger partial charge on any atom is 0.242 e. The molecule has 1 aliphatic carbocycles. The minimum absolute atomic E-state index is 0.0136. The fourth-order valence-corrected chi connectivity index (χ4v) is 6.12. The van der Waals surface area contributed by atoms with E-state index >= 15 is 0 Å². The number of aliphatic hydroxyl groups excluding tert-OH is 2. The fraction of sp³-hybridized carbons (Fsp3) is 0.649. The number of likely N-dealkylation sites (N-methyl/N-ethyl adjacent to an activating group) is 2. The molecule has 4 N–H and O–H groups in total. The van der Waals surface area contributed by atoms with Gasteiger partial charge in [0.15, 0.2) is 0 Å². The molecule has 3 amide bonds. The van der Waals surface area contributed by atoms with Gasteiger partial charge in [-0.05, 0) is 43.8 Å². The van der Waals surface area contributed by atoms with Crippen LogP contribution in [0.3, 0.4) is 0 Å². The van der Waals surface area contributed by atoms with Gasteiger partial charge in [0.1, 0.15) is 12.1 Å². The van der Waals surface area contributed by atoms with Crippen molar-refractivity contribution in [3.63, 3.8) is 0 Å². The first-order chi connectivity index (χ1) is 22.1. The van der Waals surface area contributed by atoms with Crippen molar-refractivity contribution >= 4 is 17.7 Å². The molecule has 5 atom stereocenters. The van der Waals surface area contributed by atoms with Gasteiger partial charge < -0.3 is 30.6 Å². The number of rotatable bonds is 20.